The second-order valence-corrected chi connectivity index (χ2v) is 15.4. The van der Waals surface area contributed by atoms with Gasteiger partial charge in [0.2, 0.25) is 0 Å². The van der Waals surface area contributed by atoms with Crippen LogP contribution in [0, 0.1) is 23.7 Å². The molecule has 4 aliphatic rings. The summed E-state index contributed by atoms with van der Waals surface area (Å²) in [7, 11) is 0. The smallest absolute Gasteiger partial charge is 0.128 e. The molecule has 0 N–H and O–H groups in total. The van der Waals surface area contributed by atoms with E-state index in [0.29, 0.717) is 16.7 Å². The first-order chi connectivity index (χ1) is 21.1. The van der Waals surface area contributed by atoms with E-state index in [0.717, 1.165) is 22.9 Å². The second-order valence-electron chi connectivity index (χ2n) is 15.4. The Bertz CT molecular complexity index is 1450. The zero-order valence-corrected chi connectivity index (χ0v) is 28.1. The van der Waals surface area contributed by atoms with Gasteiger partial charge in [-0.05, 0) is 127 Å². The van der Waals surface area contributed by atoms with E-state index in [1.165, 1.54) is 105 Å². The number of hydrogen-bond donors (Lipinski definition) is 0. The van der Waals surface area contributed by atoms with E-state index in [1.807, 2.05) is 13.1 Å². The molecule has 44 heavy (non-hydrogen) atoms. The predicted molar refractivity (Wildman–Crippen MR) is 189 cm³/mol. The van der Waals surface area contributed by atoms with E-state index >= 15 is 0 Å². The Morgan fingerprint density at radius 1 is 0.818 bits per heavy atom. The third-order valence-corrected chi connectivity index (χ3v) is 11.2. The first-order valence-corrected chi connectivity index (χ1v) is 17.4. The van der Waals surface area contributed by atoms with Crippen molar-refractivity contribution in [1.29, 1.82) is 0 Å². The number of rotatable bonds is 5. The van der Waals surface area contributed by atoms with Crippen molar-refractivity contribution in [3.63, 3.8) is 0 Å². The van der Waals surface area contributed by atoms with Crippen LogP contribution in [-0.2, 0) is 0 Å². The second kappa shape index (κ2) is 12.7. The van der Waals surface area contributed by atoms with Crippen molar-refractivity contribution in [2.45, 2.75) is 105 Å². The maximum Gasteiger partial charge on any atom is 0.128 e. The minimum atomic E-state index is 0.591. The molecular formula is C42H54N2. The Balaban J connectivity index is 0.000000162. The third-order valence-electron chi connectivity index (χ3n) is 11.2. The van der Waals surface area contributed by atoms with Crippen LogP contribution in [0.15, 0.2) is 79.0 Å². The van der Waals surface area contributed by atoms with Crippen molar-refractivity contribution in [3.8, 4) is 0 Å². The molecule has 2 heterocycles. The number of aromatic nitrogens is 1. The minimum Gasteiger partial charge on any atom is -0.356 e. The molecule has 1 aromatic heterocycles. The van der Waals surface area contributed by atoms with Crippen LogP contribution in [0.1, 0.15) is 126 Å². The SMILES string of the molecule is C=C(C)c1ccc(N2CCC3(CCCCC3)C2)nc1.Cc1ccc(C(=C2CC3(C2)CC(C)C3)c2ccc(C(C)C)cc2)cc1. The molecule has 2 aromatic carbocycles. The van der Waals surface area contributed by atoms with Gasteiger partial charge in [0.05, 0.1) is 0 Å². The molecule has 3 aliphatic carbocycles. The number of allylic oxidation sites excluding steroid dienone is 2. The van der Waals surface area contributed by atoms with Crippen LogP contribution < -0.4 is 4.90 Å². The Hall–Kier alpha value is -3.13. The average molecular weight is 587 g/mol. The normalized spacial score (nSPS) is 23.6. The fraction of sp³-hybridized carbons (Fsp3) is 0.500. The molecule has 3 saturated carbocycles. The van der Waals surface area contributed by atoms with Gasteiger partial charge in [-0.3, -0.25) is 0 Å². The summed E-state index contributed by atoms with van der Waals surface area (Å²) in [4.78, 5) is 7.10. The van der Waals surface area contributed by atoms with Crippen molar-refractivity contribution in [3.05, 3.63) is 107 Å². The Morgan fingerprint density at radius 2 is 1.43 bits per heavy atom. The van der Waals surface area contributed by atoms with Gasteiger partial charge in [0.15, 0.2) is 0 Å². The van der Waals surface area contributed by atoms with Crippen LogP contribution in [0.3, 0.4) is 0 Å². The van der Waals surface area contributed by atoms with Gasteiger partial charge in [0, 0.05) is 19.3 Å². The maximum atomic E-state index is 4.63. The predicted octanol–water partition coefficient (Wildman–Crippen LogP) is 11.4. The number of pyridine rings is 1. The molecular weight excluding hydrogens is 532 g/mol. The molecule has 1 saturated heterocycles. The molecule has 3 aromatic rings. The van der Waals surface area contributed by atoms with Crippen LogP contribution in [0.5, 0.6) is 0 Å². The minimum absolute atomic E-state index is 0.591. The van der Waals surface area contributed by atoms with Gasteiger partial charge in [-0.25, -0.2) is 4.98 Å². The molecule has 0 amide bonds. The number of nitrogens with zero attached hydrogens (tertiary/aromatic N) is 2. The van der Waals surface area contributed by atoms with Crippen molar-refractivity contribution in [2.75, 3.05) is 18.0 Å². The van der Waals surface area contributed by atoms with E-state index in [2.05, 4.69) is 105 Å². The van der Waals surface area contributed by atoms with E-state index in [4.69, 9.17) is 0 Å². The summed E-state index contributed by atoms with van der Waals surface area (Å²) in [5.74, 6) is 2.68. The highest BCUT2D eigenvalue weighted by molar-refractivity contribution is 5.83. The van der Waals surface area contributed by atoms with Crippen molar-refractivity contribution in [1.82, 2.24) is 4.98 Å². The molecule has 2 spiro atoms. The molecule has 7 rings (SSSR count). The van der Waals surface area contributed by atoms with Gasteiger partial charge in [-0.2, -0.15) is 0 Å². The maximum absolute atomic E-state index is 4.63. The van der Waals surface area contributed by atoms with E-state index in [9.17, 15) is 0 Å². The summed E-state index contributed by atoms with van der Waals surface area (Å²) in [5.41, 5.74) is 12.2. The van der Waals surface area contributed by atoms with Crippen LogP contribution >= 0.6 is 0 Å². The monoisotopic (exact) mass is 586 g/mol. The molecule has 2 nitrogen and oxygen atoms in total. The number of anilines is 1. The van der Waals surface area contributed by atoms with Gasteiger partial charge >= 0.3 is 0 Å². The topological polar surface area (TPSA) is 16.1 Å². The summed E-state index contributed by atoms with van der Waals surface area (Å²) in [6.07, 6.45) is 16.0. The highest BCUT2D eigenvalue weighted by Gasteiger charge is 2.49. The summed E-state index contributed by atoms with van der Waals surface area (Å²) in [6, 6.07) is 22.7. The lowest BCUT2D eigenvalue weighted by Gasteiger charge is -2.55. The van der Waals surface area contributed by atoms with Gasteiger partial charge in [0.1, 0.15) is 5.82 Å². The first-order valence-electron chi connectivity index (χ1n) is 17.4. The van der Waals surface area contributed by atoms with Crippen molar-refractivity contribution >= 4 is 17.0 Å². The van der Waals surface area contributed by atoms with Crippen molar-refractivity contribution in [2.24, 2.45) is 16.7 Å². The summed E-state index contributed by atoms with van der Waals surface area (Å²) >= 11 is 0. The molecule has 4 fully saturated rings. The summed E-state index contributed by atoms with van der Waals surface area (Å²) in [6.45, 7) is 17.5. The fourth-order valence-electron chi connectivity index (χ4n) is 8.73. The highest BCUT2D eigenvalue weighted by Crippen LogP contribution is 2.62. The Morgan fingerprint density at radius 3 is 1.98 bits per heavy atom. The van der Waals surface area contributed by atoms with E-state index in [-0.39, 0.29) is 0 Å². The Labute approximate surface area is 267 Å². The molecule has 232 valence electrons. The summed E-state index contributed by atoms with van der Waals surface area (Å²) in [5, 5.41) is 0. The molecule has 0 bridgehead atoms. The van der Waals surface area contributed by atoms with E-state index in [1.54, 1.807) is 5.57 Å². The fourth-order valence-corrected chi connectivity index (χ4v) is 8.73. The quantitative estimate of drug-likeness (QED) is 0.296. The zero-order valence-electron chi connectivity index (χ0n) is 28.1. The number of aryl methyl sites for hydroxylation is 1. The van der Waals surface area contributed by atoms with Gasteiger partial charge in [-0.15, -0.1) is 0 Å². The van der Waals surface area contributed by atoms with Gasteiger partial charge in [-0.1, -0.05) is 106 Å². The number of hydrogen-bond acceptors (Lipinski definition) is 2. The average Bonchev–Trinajstić information content (AvgIpc) is 3.40. The van der Waals surface area contributed by atoms with Gasteiger partial charge < -0.3 is 4.90 Å². The lowest BCUT2D eigenvalue weighted by atomic mass is 9.49. The standard InChI is InChI=1S/C25H30.C17H24N2/c1-17(2)20-9-11-22(12-10-20)24(21-7-5-18(3)6-8-21)23-15-25(16-23)13-19(4)14-25;1-14(2)15-6-7-16(18-12-15)19-11-10-17(13-19)8-4-3-5-9-17/h5-12,17,19H,13-16H2,1-4H3;6-7,12H,1,3-5,8-11,13H2,2H3. The van der Waals surface area contributed by atoms with Crippen LogP contribution in [-0.4, -0.2) is 18.1 Å². The summed E-state index contributed by atoms with van der Waals surface area (Å²) < 4.78 is 0. The molecule has 2 heteroatoms. The van der Waals surface area contributed by atoms with Crippen LogP contribution in [0.2, 0.25) is 0 Å². The lowest BCUT2D eigenvalue weighted by molar-refractivity contribution is 0.0246. The molecule has 0 radical (unpaired) electrons. The highest BCUT2D eigenvalue weighted by atomic mass is 15.2. The van der Waals surface area contributed by atoms with E-state index < -0.39 is 0 Å². The molecule has 0 unspecified atom stereocenters. The molecule has 1 aliphatic heterocycles. The Kier molecular flexibility index (Phi) is 8.91. The van der Waals surface area contributed by atoms with Crippen LogP contribution in [0.4, 0.5) is 5.82 Å². The van der Waals surface area contributed by atoms with Crippen molar-refractivity contribution < 1.29 is 0 Å². The molecule has 0 atom stereocenters. The third kappa shape index (κ3) is 6.60. The first kappa shape index (κ1) is 30.9. The van der Waals surface area contributed by atoms with Crippen LogP contribution in [0.25, 0.3) is 11.1 Å². The number of benzene rings is 2. The lowest BCUT2D eigenvalue weighted by Crippen LogP contribution is -2.43. The largest absolute Gasteiger partial charge is 0.356 e. The van der Waals surface area contributed by atoms with Gasteiger partial charge in [0.25, 0.3) is 0 Å². The zero-order chi connectivity index (χ0) is 30.9.